The number of rotatable bonds is 4. The van der Waals surface area contributed by atoms with Crippen LogP contribution in [0.2, 0.25) is 0 Å². The zero-order valence-corrected chi connectivity index (χ0v) is 13.9. The largest absolute Gasteiger partial charge is 0.336 e. The summed E-state index contributed by atoms with van der Waals surface area (Å²) >= 11 is 1.73. The van der Waals surface area contributed by atoms with E-state index in [0.29, 0.717) is 6.54 Å². The molecular weight excluding hydrogens is 296 g/mol. The van der Waals surface area contributed by atoms with E-state index < -0.39 is 0 Å². The number of aromatic nitrogens is 2. The van der Waals surface area contributed by atoms with Gasteiger partial charge in [-0.15, -0.1) is 0 Å². The summed E-state index contributed by atoms with van der Waals surface area (Å²) in [6.45, 7) is 5.00. The highest BCUT2D eigenvalue weighted by Crippen LogP contribution is 2.19. The molecule has 0 saturated carbocycles. The van der Waals surface area contributed by atoms with E-state index in [1.807, 2.05) is 29.2 Å². The Kier molecular flexibility index (Phi) is 4.69. The second kappa shape index (κ2) is 6.71. The third kappa shape index (κ3) is 2.98. The number of nitrogens with zero attached hydrogens (tertiary/aromatic N) is 3. The van der Waals surface area contributed by atoms with Crippen molar-refractivity contribution in [2.75, 3.05) is 25.9 Å². The fourth-order valence-corrected chi connectivity index (χ4v) is 3.46. The second-order valence-electron chi connectivity index (χ2n) is 5.68. The highest BCUT2D eigenvalue weighted by Gasteiger charge is 2.24. The summed E-state index contributed by atoms with van der Waals surface area (Å²) in [6.07, 6.45) is 2.06. The molecule has 1 fully saturated rings. The van der Waals surface area contributed by atoms with Gasteiger partial charge in [-0.2, -0.15) is 11.8 Å². The average Bonchev–Trinajstić information content (AvgIpc) is 2.86. The molecule has 1 atom stereocenters. The number of carbonyl (C=O) groups excluding carboxylic acids is 1. The molecular formula is C16H22N4OS. The van der Waals surface area contributed by atoms with Crippen molar-refractivity contribution in [1.82, 2.24) is 19.8 Å². The molecule has 1 aliphatic heterocycles. The number of amides is 1. The number of fused-ring (bicyclic) bond motifs is 1. The lowest BCUT2D eigenvalue weighted by Gasteiger charge is -2.34. The van der Waals surface area contributed by atoms with Crippen molar-refractivity contribution in [2.24, 2.45) is 0 Å². The van der Waals surface area contributed by atoms with Crippen LogP contribution in [0.1, 0.15) is 12.7 Å². The first-order valence-corrected chi connectivity index (χ1v) is 9.03. The monoisotopic (exact) mass is 318 g/mol. The summed E-state index contributed by atoms with van der Waals surface area (Å²) in [4.78, 5) is 19.4. The number of hydrogen-bond donors (Lipinski definition) is 1. The fourth-order valence-electron chi connectivity index (χ4n) is 2.98. The van der Waals surface area contributed by atoms with Crippen LogP contribution >= 0.6 is 11.8 Å². The van der Waals surface area contributed by atoms with Crippen LogP contribution in [0.5, 0.6) is 0 Å². The predicted molar refractivity (Wildman–Crippen MR) is 91.0 cm³/mol. The van der Waals surface area contributed by atoms with E-state index in [-0.39, 0.29) is 11.9 Å². The van der Waals surface area contributed by atoms with Gasteiger partial charge < -0.3 is 14.8 Å². The molecule has 0 radical (unpaired) electrons. The van der Waals surface area contributed by atoms with Crippen LogP contribution in [0.4, 0.5) is 0 Å². The highest BCUT2D eigenvalue weighted by atomic mass is 32.2. The Morgan fingerprint density at radius 3 is 3.05 bits per heavy atom. The first-order chi connectivity index (χ1) is 10.7. The summed E-state index contributed by atoms with van der Waals surface area (Å²) < 4.78 is 2.07. The molecule has 0 bridgehead atoms. The van der Waals surface area contributed by atoms with Gasteiger partial charge in [0.2, 0.25) is 5.91 Å². The van der Waals surface area contributed by atoms with Crippen molar-refractivity contribution >= 4 is 28.7 Å². The lowest BCUT2D eigenvalue weighted by molar-refractivity contribution is -0.134. The molecule has 118 valence electrons. The maximum absolute atomic E-state index is 12.7. The van der Waals surface area contributed by atoms with Gasteiger partial charge in [-0.05, 0) is 25.3 Å². The minimum absolute atomic E-state index is 0.180. The van der Waals surface area contributed by atoms with Gasteiger partial charge in [0, 0.05) is 25.7 Å². The SMILES string of the molecule is CSCc1nc2ccccc2n1CC(=O)N1CCNC[C@H]1C. The van der Waals surface area contributed by atoms with Gasteiger partial charge in [-0.3, -0.25) is 4.79 Å². The van der Waals surface area contributed by atoms with Crippen LogP contribution in [0.15, 0.2) is 24.3 Å². The van der Waals surface area contributed by atoms with Crippen LogP contribution in [0.3, 0.4) is 0 Å². The number of carbonyl (C=O) groups is 1. The number of benzene rings is 1. The van der Waals surface area contributed by atoms with Crippen molar-refractivity contribution in [3.05, 3.63) is 30.1 Å². The van der Waals surface area contributed by atoms with Crippen LogP contribution in [0, 0.1) is 0 Å². The Morgan fingerprint density at radius 2 is 2.27 bits per heavy atom. The van der Waals surface area contributed by atoms with Gasteiger partial charge in [0.25, 0.3) is 0 Å². The number of hydrogen-bond acceptors (Lipinski definition) is 4. The van der Waals surface area contributed by atoms with E-state index in [1.54, 1.807) is 11.8 Å². The van der Waals surface area contributed by atoms with Gasteiger partial charge in [0.15, 0.2) is 0 Å². The summed E-state index contributed by atoms with van der Waals surface area (Å²) in [6, 6.07) is 8.29. The third-order valence-corrected chi connectivity index (χ3v) is 4.67. The minimum Gasteiger partial charge on any atom is -0.336 e. The maximum atomic E-state index is 12.7. The van der Waals surface area contributed by atoms with E-state index in [0.717, 1.165) is 42.2 Å². The second-order valence-corrected chi connectivity index (χ2v) is 6.54. The zero-order chi connectivity index (χ0) is 15.5. The lowest BCUT2D eigenvalue weighted by atomic mass is 10.2. The highest BCUT2D eigenvalue weighted by molar-refractivity contribution is 7.97. The molecule has 6 heteroatoms. The molecule has 1 amide bonds. The summed E-state index contributed by atoms with van der Waals surface area (Å²) in [5.41, 5.74) is 2.01. The van der Waals surface area contributed by atoms with Gasteiger partial charge in [-0.25, -0.2) is 4.98 Å². The molecule has 0 spiro atoms. The predicted octanol–water partition coefficient (Wildman–Crippen LogP) is 1.72. The minimum atomic E-state index is 0.180. The number of para-hydroxylation sites is 2. The molecule has 1 aromatic heterocycles. The van der Waals surface area contributed by atoms with Crippen molar-refractivity contribution in [1.29, 1.82) is 0 Å². The van der Waals surface area contributed by atoms with E-state index in [1.165, 1.54) is 0 Å². The Balaban J connectivity index is 1.88. The molecule has 1 N–H and O–H groups in total. The van der Waals surface area contributed by atoms with Gasteiger partial charge >= 0.3 is 0 Å². The number of piperazine rings is 1. The molecule has 1 saturated heterocycles. The molecule has 22 heavy (non-hydrogen) atoms. The molecule has 1 aliphatic rings. The molecule has 0 aliphatic carbocycles. The van der Waals surface area contributed by atoms with Gasteiger partial charge in [-0.1, -0.05) is 12.1 Å². The standard InChI is InChI=1S/C16H22N4OS/c1-12-9-17-7-8-19(12)16(21)10-20-14-6-4-3-5-13(14)18-15(20)11-22-2/h3-6,12,17H,7-11H2,1-2H3/t12-/m1/s1. The maximum Gasteiger partial charge on any atom is 0.242 e. The summed E-state index contributed by atoms with van der Waals surface area (Å²) in [7, 11) is 0. The first-order valence-electron chi connectivity index (χ1n) is 7.64. The quantitative estimate of drug-likeness (QED) is 0.932. The Bertz CT molecular complexity index is 669. The van der Waals surface area contributed by atoms with Gasteiger partial charge in [0.1, 0.15) is 12.4 Å². The number of imidazole rings is 1. The van der Waals surface area contributed by atoms with E-state index in [9.17, 15) is 4.79 Å². The van der Waals surface area contributed by atoms with Crippen molar-refractivity contribution in [2.45, 2.75) is 25.3 Å². The Labute approximate surface area is 135 Å². The van der Waals surface area contributed by atoms with Crippen molar-refractivity contribution < 1.29 is 4.79 Å². The van der Waals surface area contributed by atoms with Crippen LogP contribution in [0.25, 0.3) is 11.0 Å². The smallest absolute Gasteiger partial charge is 0.242 e. The van der Waals surface area contributed by atoms with Crippen molar-refractivity contribution in [3.63, 3.8) is 0 Å². The molecule has 3 rings (SSSR count). The van der Waals surface area contributed by atoms with E-state index >= 15 is 0 Å². The van der Waals surface area contributed by atoms with Crippen molar-refractivity contribution in [3.8, 4) is 0 Å². The van der Waals surface area contributed by atoms with E-state index in [2.05, 4.69) is 28.0 Å². The number of nitrogens with one attached hydrogen (secondary N) is 1. The Morgan fingerprint density at radius 1 is 1.45 bits per heavy atom. The fraction of sp³-hybridized carbons (Fsp3) is 0.500. The van der Waals surface area contributed by atoms with Crippen LogP contribution < -0.4 is 5.32 Å². The van der Waals surface area contributed by atoms with Crippen LogP contribution in [-0.2, 0) is 17.1 Å². The lowest BCUT2D eigenvalue weighted by Crippen LogP contribution is -2.53. The zero-order valence-electron chi connectivity index (χ0n) is 13.1. The average molecular weight is 318 g/mol. The summed E-state index contributed by atoms with van der Waals surface area (Å²) in [5.74, 6) is 1.98. The van der Waals surface area contributed by atoms with Crippen LogP contribution in [-0.4, -0.2) is 52.3 Å². The molecule has 1 aromatic carbocycles. The van der Waals surface area contributed by atoms with Gasteiger partial charge in [0.05, 0.1) is 16.8 Å². The normalized spacial score (nSPS) is 18.8. The number of thioether (sulfide) groups is 1. The molecule has 5 nitrogen and oxygen atoms in total. The van der Waals surface area contributed by atoms with E-state index in [4.69, 9.17) is 0 Å². The molecule has 2 aromatic rings. The summed E-state index contributed by atoms with van der Waals surface area (Å²) in [5, 5.41) is 3.32. The molecule has 0 unspecified atom stereocenters. The topological polar surface area (TPSA) is 50.2 Å². The third-order valence-electron chi connectivity index (χ3n) is 4.12. The molecule has 2 heterocycles. The Hall–Kier alpha value is -1.53. The first kappa shape index (κ1) is 15.4.